The van der Waals surface area contributed by atoms with Crippen LogP contribution in [0.15, 0.2) is 0 Å². The fourth-order valence-corrected chi connectivity index (χ4v) is 6.42. The molecule has 0 aromatic heterocycles. The highest BCUT2D eigenvalue weighted by molar-refractivity contribution is 5.69. The van der Waals surface area contributed by atoms with E-state index in [-0.39, 0.29) is 30.8 Å². The number of ether oxygens (including phenoxy) is 2. The Labute approximate surface area is 292 Å². The van der Waals surface area contributed by atoms with Gasteiger partial charge in [0, 0.05) is 19.4 Å². The summed E-state index contributed by atoms with van der Waals surface area (Å²) in [7, 11) is 0. The van der Waals surface area contributed by atoms with Gasteiger partial charge in [0.1, 0.15) is 12.2 Å². The van der Waals surface area contributed by atoms with Crippen LogP contribution in [0.3, 0.4) is 0 Å². The molecule has 0 aromatic rings. The first-order valence-electron chi connectivity index (χ1n) is 20.7. The van der Waals surface area contributed by atoms with Crippen LogP contribution in [0.5, 0.6) is 0 Å². The minimum atomic E-state index is -0.0488. The van der Waals surface area contributed by atoms with Crippen LogP contribution in [0.4, 0.5) is 0 Å². The summed E-state index contributed by atoms with van der Waals surface area (Å²) in [5, 5.41) is 9.55. The third kappa shape index (κ3) is 31.9. The summed E-state index contributed by atoms with van der Waals surface area (Å²) in [4.78, 5) is 27.4. The highest BCUT2D eigenvalue weighted by Gasteiger charge is 2.15. The largest absolute Gasteiger partial charge is 0.462 e. The van der Waals surface area contributed by atoms with Gasteiger partial charge < -0.3 is 19.5 Å². The monoisotopic (exact) mass is 668 g/mol. The zero-order valence-electron chi connectivity index (χ0n) is 32.0. The van der Waals surface area contributed by atoms with Gasteiger partial charge in [0.2, 0.25) is 0 Å². The number of nitrogens with zero attached hydrogens (tertiary/aromatic N) is 1. The van der Waals surface area contributed by atoms with E-state index in [1.807, 2.05) is 0 Å². The molecule has 0 aliphatic heterocycles. The average molecular weight is 668 g/mol. The van der Waals surface area contributed by atoms with Crippen molar-refractivity contribution in [3.8, 4) is 0 Å². The predicted octanol–water partition coefficient (Wildman–Crippen LogP) is 11.5. The van der Waals surface area contributed by atoms with Gasteiger partial charge in [-0.15, -0.1) is 0 Å². The number of aliphatic hydroxyl groups is 1. The summed E-state index contributed by atoms with van der Waals surface area (Å²) in [6.07, 6.45) is 32.3. The summed E-state index contributed by atoms with van der Waals surface area (Å²) in [6, 6.07) is 0. The Bertz CT molecular complexity index is 656. The van der Waals surface area contributed by atoms with Crippen LogP contribution in [0.1, 0.15) is 214 Å². The predicted molar refractivity (Wildman–Crippen MR) is 200 cm³/mol. The first kappa shape index (κ1) is 45.9. The number of rotatable bonds is 37. The Morgan fingerprint density at radius 3 is 1.23 bits per heavy atom. The first-order chi connectivity index (χ1) is 23.0. The van der Waals surface area contributed by atoms with E-state index in [4.69, 9.17) is 9.47 Å². The summed E-state index contributed by atoms with van der Waals surface area (Å²) >= 11 is 0. The van der Waals surface area contributed by atoms with Crippen LogP contribution in [0.25, 0.3) is 0 Å². The van der Waals surface area contributed by atoms with Crippen molar-refractivity contribution in [3.63, 3.8) is 0 Å². The molecule has 0 radical (unpaired) electrons. The van der Waals surface area contributed by atoms with Gasteiger partial charge in [-0.3, -0.25) is 9.59 Å². The van der Waals surface area contributed by atoms with Crippen LogP contribution >= 0.6 is 0 Å². The Morgan fingerprint density at radius 2 is 0.830 bits per heavy atom. The molecule has 0 amide bonds. The molecule has 0 aliphatic rings. The van der Waals surface area contributed by atoms with Gasteiger partial charge in [0.25, 0.3) is 0 Å². The molecule has 280 valence electrons. The van der Waals surface area contributed by atoms with Crippen LogP contribution < -0.4 is 0 Å². The lowest BCUT2D eigenvalue weighted by Crippen LogP contribution is -2.29. The lowest BCUT2D eigenvalue weighted by Gasteiger charge is -2.21. The van der Waals surface area contributed by atoms with E-state index in [2.05, 4.69) is 32.6 Å². The van der Waals surface area contributed by atoms with Crippen molar-refractivity contribution in [1.29, 1.82) is 0 Å². The van der Waals surface area contributed by atoms with E-state index in [0.29, 0.717) is 19.4 Å². The Morgan fingerprint density at radius 1 is 0.468 bits per heavy atom. The summed E-state index contributed by atoms with van der Waals surface area (Å²) in [5.41, 5.74) is 0. The van der Waals surface area contributed by atoms with E-state index < -0.39 is 0 Å². The maximum atomic E-state index is 12.7. The average Bonchev–Trinajstić information content (AvgIpc) is 3.06. The van der Waals surface area contributed by atoms with Gasteiger partial charge >= 0.3 is 11.9 Å². The Kier molecular flexibility index (Phi) is 35.3. The molecule has 1 unspecified atom stereocenters. The maximum Gasteiger partial charge on any atom is 0.306 e. The molecule has 0 bridgehead atoms. The quantitative estimate of drug-likeness (QED) is 0.0525. The zero-order valence-corrected chi connectivity index (χ0v) is 32.0. The molecular formula is C41H81NO5. The normalized spacial score (nSPS) is 12.2. The van der Waals surface area contributed by atoms with E-state index in [9.17, 15) is 14.7 Å². The molecule has 6 nitrogen and oxygen atoms in total. The van der Waals surface area contributed by atoms with Gasteiger partial charge in [-0.05, 0) is 83.7 Å². The lowest BCUT2D eigenvalue weighted by atomic mass is 10.0. The summed E-state index contributed by atoms with van der Waals surface area (Å²) < 4.78 is 11.7. The standard InChI is InChI=1S/C41H81NO5/c1-5-9-12-15-18-23-30-39(31-24-19-16-13-10-6-2)47-41(45)33-26-21-28-35-42(36-37-43)34-27-20-25-32-40(44)46-38(8-4)29-22-17-14-11-7-3/h38-39,43H,5-37H2,1-4H3. The number of carbonyl (C=O) groups excluding carboxylic acids is 2. The van der Waals surface area contributed by atoms with Crippen molar-refractivity contribution >= 4 is 11.9 Å². The molecule has 0 spiro atoms. The van der Waals surface area contributed by atoms with Gasteiger partial charge in [0.05, 0.1) is 6.61 Å². The van der Waals surface area contributed by atoms with Crippen LogP contribution in [0.2, 0.25) is 0 Å². The second kappa shape index (κ2) is 36.1. The smallest absolute Gasteiger partial charge is 0.306 e. The van der Waals surface area contributed by atoms with E-state index in [1.54, 1.807) is 0 Å². The maximum absolute atomic E-state index is 12.7. The number of esters is 2. The molecule has 47 heavy (non-hydrogen) atoms. The molecule has 1 atom stereocenters. The van der Waals surface area contributed by atoms with Crippen molar-refractivity contribution in [3.05, 3.63) is 0 Å². The first-order valence-corrected chi connectivity index (χ1v) is 20.7. The minimum Gasteiger partial charge on any atom is -0.462 e. The van der Waals surface area contributed by atoms with Crippen molar-refractivity contribution in [2.75, 3.05) is 26.2 Å². The van der Waals surface area contributed by atoms with Crippen LogP contribution in [-0.4, -0.2) is 60.4 Å². The number of hydrogen-bond acceptors (Lipinski definition) is 6. The molecule has 6 heteroatoms. The third-order valence-electron chi connectivity index (χ3n) is 9.57. The minimum absolute atomic E-state index is 0.0186. The van der Waals surface area contributed by atoms with Crippen molar-refractivity contribution in [2.45, 2.75) is 226 Å². The molecular weight excluding hydrogens is 586 g/mol. The number of aliphatic hydroxyl groups excluding tert-OH is 1. The fraction of sp³-hybridized carbons (Fsp3) is 0.951. The third-order valence-corrected chi connectivity index (χ3v) is 9.57. The number of hydrogen-bond donors (Lipinski definition) is 1. The van der Waals surface area contributed by atoms with Crippen molar-refractivity contribution in [1.82, 2.24) is 4.90 Å². The highest BCUT2D eigenvalue weighted by atomic mass is 16.5. The van der Waals surface area contributed by atoms with Gasteiger partial charge in [0.15, 0.2) is 0 Å². The molecule has 0 fully saturated rings. The fourth-order valence-electron chi connectivity index (χ4n) is 6.42. The molecule has 0 aromatic carbocycles. The molecule has 0 aliphatic carbocycles. The number of carbonyl (C=O) groups is 2. The summed E-state index contributed by atoms with van der Waals surface area (Å²) in [5.74, 6) is -0.0674. The summed E-state index contributed by atoms with van der Waals surface area (Å²) in [6.45, 7) is 11.6. The highest BCUT2D eigenvalue weighted by Crippen LogP contribution is 2.18. The molecule has 0 heterocycles. The SMILES string of the molecule is CCCCCCCCC(CCCCCCCC)OC(=O)CCCCCN(CCO)CCCCCC(=O)OC(CC)CCCCCCC. The van der Waals surface area contributed by atoms with E-state index in [1.165, 1.54) is 103 Å². The zero-order chi connectivity index (χ0) is 34.6. The Hall–Kier alpha value is -1.14. The van der Waals surface area contributed by atoms with Gasteiger partial charge in [-0.2, -0.15) is 0 Å². The van der Waals surface area contributed by atoms with Crippen molar-refractivity contribution < 1.29 is 24.2 Å². The van der Waals surface area contributed by atoms with Gasteiger partial charge in [-0.25, -0.2) is 0 Å². The second-order valence-electron chi connectivity index (χ2n) is 14.1. The Balaban J connectivity index is 4.20. The molecule has 0 rings (SSSR count). The van der Waals surface area contributed by atoms with Crippen molar-refractivity contribution in [2.24, 2.45) is 0 Å². The second-order valence-corrected chi connectivity index (χ2v) is 14.1. The molecule has 0 saturated carbocycles. The van der Waals surface area contributed by atoms with Crippen LogP contribution in [-0.2, 0) is 19.1 Å². The van der Waals surface area contributed by atoms with Gasteiger partial charge in [-0.1, -0.05) is 130 Å². The topological polar surface area (TPSA) is 76.1 Å². The van der Waals surface area contributed by atoms with E-state index >= 15 is 0 Å². The van der Waals surface area contributed by atoms with Crippen LogP contribution in [0, 0.1) is 0 Å². The molecule has 1 N–H and O–H groups in total. The van der Waals surface area contributed by atoms with E-state index in [0.717, 1.165) is 83.7 Å². The lowest BCUT2D eigenvalue weighted by molar-refractivity contribution is -0.150. The number of unbranched alkanes of at least 4 members (excludes halogenated alkanes) is 18. The molecule has 0 saturated heterocycles.